The van der Waals surface area contributed by atoms with Gasteiger partial charge in [0.05, 0.1) is 6.67 Å². The molecular weight excluding hydrogens is 501 g/mol. The third kappa shape index (κ3) is 4.58. The molecule has 0 radical (unpaired) electrons. The number of sulfonamides is 1. The molecule has 2 aromatic heterocycles. The lowest BCUT2D eigenvalue weighted by Crippen LogP contribution is -2.50. The van der Waals surface area contributed by atoms with Gasteiger partial charge in [-0.1, -0.05) is 24.6 Å². The highest BCUT2D eigenvalue weighted by Gasteiger charge is 2.46. The van der Waals surface area contributed by atoms with E-state index in [2.05, 4.69) is 15.2 Å². The van der Waals surface area contributed by atoms with Crippen molar-refractivity contribution in [3.63, 3.8) is 0 Å². The smallest absolute Gasteiger partial charge is 0.396 e. The Balaban J connectivity index is 1.92. The predicted octanol–water partition coefficient (Wildman–Crippen LogP) is 2.86. The predicted molar refractivity (Wildman–Crippen MR) is 126 cm³/mol. The molecule has 0 saturated carbocycles. The van der Waals surface area contributed by atoms with Gasteiger partial charge in [-0.25, -0.2) is 27.7 Å². The number of benzene rings is 1. The van der Waals surface area contributed by atoms with Gasteiger partial charge in [-0.2, -0.15) is 4.31 Å². The first kappa shape index (κ1) is 25.3. The fourth-order valence-corrected chi connectivity index (χ4v) is 6.33. The van der Waals surface area contributed by atoms with Gasteiger partial charge < -0.3 is 14.4 Å². The second-order valence-corrected chi connectivity index (χ2v) is 10.7. The third-order valence-corrected chi connectivity index (χ3v) is 8.31. The summed E-state index contributed by atoms with van der Waals surface area (Å²) in [6, 6.07) is 4.51. The SMILES string of the molecule is Cc1ccc(F)c([C@@H](C)[C@@H](c2n[nH]c(=O)o2)N2CN(CCCO)c3nc(Cl)ccc3S2(=O)=O)c1C. The highest BCUT2D eigenvalue weighted by molar-refractivity contribution is 7.89. The molecule has 1 aliphatic rings. The number of aromatic nitrogens is 3. The van der Waals surface area contributed by atoms with Crippen LogP contribution >= 0.6 is 11.6 Å². The van der Waals surface area contributed by atoms with E-state index in [-0.39, 0.29) is 47.1 Å². The lowest BCUT2D eigenvalue weighted by molar-refractivity contribution is 0.230. The Bertz CT molecular complexity index is 1410. The Labute approximate surface area is 206 Å². The van der Waals surface area contributed by atoms with Gasteiger partial charge >= 0.3 is 5.76 Å². The molecule has 10 nitrogen and oxygen atoms in total. The van der Waals surface area contributed by atoms with Gasteiger partial charge in [0, 0.05) is 19.1 Å². The van der Waals surface area contributed by atoms with Crippen LogP contribution in [-0.4, -0.2) is 52.8 Å². The molecule has 0 bridgehead atoms. The third-order valence-electron chi connectivity index (χ3n) is 6.27. The van der Waals surface area contributed by atoms with Gasteiger partial charge in [0.2, 0.25) is 15.9 Å². The molecule has 3 heterocycles. The van der Waals surface area contributed by atoms with Crippen molar-refractivity contribution in [1.82, 2.24) is 19.5 Å². The van der Waals surface area contributed by atoms with Crippen LogP contribution in [0.1, 0.15) is 47.9 Å². The zero-order valence-corrected chi connectivity index (χ0v) is 20.9. The maximum Gasteiger partial charge on any atom is 0.434 e. The number of hydrogen-bond donors (Lipinski definition) is 2. The molecule has 0 amide bonds. The number of aromatic amines is 1. The van der Waals surface area contributed by atoms with E-state index < -0.39 is 33.6 Å². The minimum absolute atomic E-state index is 0.109. The van der Waals surface area contributed by atoms with Crippen LogP contribution < -0.4 is 10.7 Å². The zero-order chi connectivity index (χ0) is 25.5. The van der Waals surface area contributed by atoms with Gasteiger partial charge in [-0.05, 0) is 55.2 Å². The van der Waals surface area contributed by atoms with Crippen LogP contribution in [0.25, 0.3) is 0 Å². The molecule has 188 valence electrons. The largest absolute Gasteiger partial charge is 0.434 e. The molecule has 0 spiro atoms. The number of rotatable bonds is 7. The second-order valence-electron chi connectivity index (χ2n) is 8.42. The fraction of sp³-hybridized carbons (Fsp3) is 0.409. The summed E-state index contributed by atoms with van der Waals surface area (Å²) >= 11 is 6.05. The van der Waals surface area contributed by atoms with Gasteiger partial charge in [0.15, 0.2) is 5.82 Å². The number of aliphatic hydroxyl groups is 1. The summed E-state index contributed by atoms with van der Waals surface area (Å²) in [5.41, 5.74) is 1.77. The van der Waals surface area contributed by atoms with Gasteiger partial charge in [-0.15, -0.1) is 5.10 Å². The summed E-state index contributed by atoms with van der Waals surface area (Å²) in [6.07, 6.45) is 0.338. The van der Waals surface area contributed by atoms with E-state index in [0.29, 0.717) is 12.0 Å². The van der Waals surface area contributed by atoms with Crippen molar-refractivity contribution in [1.29, 1.82) is 0 Å². The van der Waals surface area contributed by atoms with Crippen molar-refractivity contribution in [2.24, 2.45) is 0 Å². The molecule has 1 aromatic carbocycles. The van der Waals surface area contributed by atoms with Crippen molar-refractivity contribution < 1.29 is 22.3 Å². The highest BCUT2D eigenvalue weighted by Crippen LogP contribution is 2.44. The number of fused-ring (bicyclic) bond motifs is 1. The first-order valence-corrected chi connectivity index (χ1v) is 12.7. The van der Waals surface area contributed by atoms with E-state index in [4.69, 9.17) is 16.0 Å². The van der Waals surface area contributed by atoms with Gasteiger partial charge in [0.1, 0.15) is 21.9 Å². The van der Waals surface area contributed by atoms with Crippen LogP contribution in [-0.2, 0) is 10.0 Å². The van der Waals surface area contributed by atoms with Crippen molar-refractivity contribution in [3.8, 4) is 0 Å². The standard InChI is InChI=1S/C22H25ClFN5O5S/c1-12-5-6-15(24)18(13(12)2)14(3)19(21-26-27-22(31)34-21)29-11-28(9-4-10-30)20-16(35(29,32)33)7-8-17(23)25-20/h5-8,14,19,30H,4,9-11H2,1-3H3,(H,27,31)/t14-,19+/m1/s1. The van der Waals surface area contributed by atoms with Crippen LogP contribution in [0.3, 0.4) is 0 Å². The Morgan fingerprint density at radius 1 is 1.29 bits per heavy atom. The molecule has 0 fully saturated rings. The van der Waals surface area contributed by atoms with Crippen molar-refractivity contribution in [3.05, 3.63) is 68.4 Å². The Kier molecular flexibility index (Phi) is 7.00. The Morgan fingerprint density at radius 2 is 2.03 bits per heavy atom. The summed E-state index contributed by atoms with van der Waals surface area (Å²) in [7, 11) is -4.21. The maximum absolute atomic E-state index is 15.1. The summed E-state index contributed by atoms with van der Waals surface area (Å²) in [6.45, 7) is 5.18. The first-order valence-electron chi connectivity index (χ1n) is 10.9. The number of nitrogens with one attached hydrogen (secondary N) is 1. The molecule has 0 unspecified atom stereocenters. The molecular formula is C22H25ClFN5O5S. The quantitative estimate of drug-likeness (QED) is 0.450. The molecule has 0 saturated heterocycles. The Hall–Kier alpha value is -2.80. The molecule has 2 N–H and O–H groups in total. The second kappa shape index (κ2) is 9.69. The van der Waals surface area contributed by atoms with Crippen LogP contribution in [0.4, 0.5) is 10.2 Å². The van der Waals surface area contributed by atoms with Gasteiger partial charge in [0.25, 0.3) is 0 Å². The molecule has 3 aromatic rings. The van der Waals surface area contributed by atoms with E-state index >= 15 is 4.39 Å². The lowest BCUT2D eigenvalue weighted by atomic mass is 9.87. The molecule has 1 aliphatic heterocycles. The number of aliphatic hydroxyl groups excluding tert-OH is 1. The minimum Gasteiger partial charge on any atom is -0.396 e. The first-order chi connectivity index (χ1) is 16.6. The molecule has 0 aliphatic carbocycles. The van der Waals surface area contributed by atoms with Crippen LogP contribution in [0.15, 0.2) is 38.4 Å². The van der Waals surface area contributed by atoms with Gasteiger partial charge in [-0.3, -0.25) is 0 Å². The van der Waals surface area contributed by atoms with Crippen molar-refractivity contribution >= 4 is 27.4 Å². The van der Waals surface area contributed by atoms with Crippen molar-refractivity contribution in [2.45, 2.75) is 44.0 Å². The number of hydrogen-bond acceptors (Lipinski definition) is 8. The number of aryl methyl sites for hydroxylation is 1. The number of anilines is 1. The van der Waals surface area contributed by atoms with Crippen LogP contribution in [0.5, 0.6) is 0 Å². The van der Waals surface area contributed by atoms with E-state index in [1.807, 2.05) is 6.92 Å². The average molecular weight is 526 g/mol. The van der Waals surface area contributed by atoms with Crippen LogP contribution in [0.2, 0.25) is 5.15 Å². The normalized spacial score (nSPS) is 17.3. The monoisotopic (exact) mass is 525 g/mol. The molecule has 35 heavy (non-hydrogen) atoms. The maximum atomic E-state index is 15.1. The molecule has 4 rings (SSSR count). The number of nitrogens with zero attached hydrogens (tertiary/aromatic N) is 4. The van der Waals surface area contributed by atoms with Crippen molar-refractivity contribution in [2.75, 3.05) is 24.7 Å². The van der Waals surface area contributed by atoms with E-state index in [1.54, 1.807) is 24.8 Å². The highest BCUT2D eigenvalue weighted by atomic mass is 35.5. The van der Waals surface area contributed by atoms with E-state index in [9.17, 15) is 18.3 Å². The molecule has 13 heteroatoms. The number of halogens is 2. The minimum atomic E-state index is -4.21. The average Bonchev–Trinajstić information content (AvgIpc) is 3.23. The topological polar surface area (TPSA) is 133 Å². The Morgan fingerprint density at radius 3 is 2.69 bits per heavy atom. The summed E-state index contributed by atoms with van der Waals surface area (Å²) < 4.78 is 49.1. The summed E-state index contributed by atoms with van der Waals surface area (Å²) in [4.78, 5) is 17.6. The number of H-pyrrole nitrogens is 1. The fourth-order valence-electron chi connectivity index (χ4n) is 4.43. The number of pyridine rings is 1. The summed E-state index contributed by atoms with van der Waals surface area (Å²) in [5, 5.41) is 15.6. The molecule has 2 atom stereocenters. The lowest BCUT2D eigenvalue weighted by Gasteiger charge is -2.41. The summed E-state index contributed by atoms with van der Waals surface area (Å²) in [5.74, 6) is -2.21. The zero-order valence-electron chi connectivity index (χ0n) is 19.3. The van der Waals surface area contributed by atoms with E-state index in [0.717, 1.165) is 9.87 Å². The van der Waals surface area contributed by atoms with E-state index in [1.165, 1.54) is 18.2 Å². The van der Waals surface area contributed by atoms with Crippen LogP contribution in [0, 0.1) is 19.7 Å².